The number of rotatable bonds is 5. The summed E-state index contributed by atoms with van der Waals surface area (Å²) in [5, 5.41) is 8.73. The first-order valence-electron chi connectivity index (χ1n) is 6.77. The van der Waals surface area contributed by atoms with Gasteiger partial charge < -0.3 is 10.0 Å². The van der Waals surface area contributed by atoms with Gasteiger partial charge in [-0.1, -0.05) is 24.3 Å². The summed E-state index contributed by atoms with van der Waals surface area (Å²) in [6, 6.07) is 12.6. The van der Waals surface area contributed by atoms with Crippen LogP contribution in [-0.4, -0.2) is 24.0 Å². The topological polar surface area (TPSA) is 57.6 Å². The second kappa shape index (κ2) is 6.85. The second-order valence-corrected chi connectivity index (χ2v) is 4.99. The van der Waals surface area contributed by atoms with Gasteiger partial charge >= 0.3 is 5.97 Å². The van der Waals surface area contributed by atoms with Gasteiger partial charge in [0.15, 0.2) is 0 Å². The molecule has 0 atom stereocenters. The number of nitrogens with zero attached hydrogens (tertiary/aromatic N) is 1. The lowest BCUT2D eigenvalue weighted by Crippen LogP contribution is -2.27. The van der Waals surface area contributed by atoms with E-state index in [9.17, 15) is 14.0 Å². The maximum Gasteiger partial charge on any atom is 0.307 e. The molecule has 114 valence electrons. The number of hydrogen-bond acceptors (Lipinski definition) is 2. The van der Waals surface area contributed by atoms with Crippen LogP contribution in [0.15, 0.2) is 48.5 Å². The van der Waals surface area contributed by atoms with Gasteiger partial charge in [0.1, 0.15) is 5.82 Å². The van der Waals surface area contributed by atoms with Gasteiger partial charge in [0.25, 0.3) is 0 Å². The third-order valence-corrected chi connectivity index (χ3v) is 3.32. The Morgan fingerprint density at radius 1 is 0.955 bits per heavy atom. The van der Waals surface area contributed by atoms with Crippen LogP contribution in [0.25, 0.3) is 0 Å². The number of likely N-dealkylation sites (N-methyl/N-ethyl adjacent to an activating group) is 1. The molecule has 0 aromatic heterocycles. The van der Waals surface area contributed by atoms with Crippen LogP contribution >= 0.6 is 0 Å². The second-order valence-electron chi connectivity index (χ2n) is 4.99. The molecule has 22 heavy (non-hydrogen) atoms. The van der Waals surface area contributed by atoms with Gasteiger partial charge in [0, 0.05) is 12.7 Å². The van der Waals surface area contributed by atoms with E-state index in [0.717, 1.165) is 5.56 Å². The molecule has 0 aliphatic heterocycles. The minimum absolute atomic E-state index is 0.0481. The van der Waals surface area contributed by atoms with Crippen molar-refractivity contribution in [2.24, 2.45) is 0 Å². The molecule has 0 spiro atoms. The highest BCUT2D eigenvalue weighted by Gasteiger charge is 2.12. The highest BCUT2D eigenvalue weighted by molar-refractivity contribution is 5.94. The standard InChI is InChI=1S/C17H16FNO3/c1-19(15-8-4-13(5-9-15)11-17(21)22)16(20)10-12-2-6-14(18)7-3-12/h2-9H,10-11H2,1H3,(H,21,22). The van der Waals surface area contributed by atoms with E-state index in [2.05, 4.69) is 0 Å². The van der Waals surface area contributed by atoms with Crippen LogP contribution in [-0.2, 0) is 22.4 Å². The molecule has 2 rings (SSSR count). The number of halogens is 1. The Morgan fingerprint density at radius 3 is 2.00 bits per heavy atom. The molecule has 0 bridgehead atoms. The number of amides is 1. The molecule has 1 N–H and O–H groups in total. The van der Waals surface area contributed by atoms with E-state index in [4.69, 9.17) is 5.11 Å². The Labute approximate surface area is 127 Å². The molecule has 0 saturated heterocycles. The summed E-state index contributed by atoms with van der Waals surface area (Å²) in [7, 11) is 1.65. The summed E-state index contributed by atoms with van der Waals surface area (Å²) >= 11 is 0. The van der Waals surface area contributed by atoms with Crippen molar-refractivity contribution in [1.82, 2.24) is 0 Å². The van der Waals surface area contributed by atoms with Crippen LogP contribution in [0.4, 0.5) is 10.1 Å². The fourth-order valence-electron chi connectivity index (χ4n) is 2.05. The molecular formula is C17H16FNO3. The van der Waals surface area contributed by atoms with E-state index in [0.29, 0.717) is 11.3 Å². The lowest BCUT2D eigenvalue weighted by molar-refractivity contribution is -0.136. The quantitative estimate of drug-likeness (QED) is 0.923. The lowest BCUT2D eigenvalue weighted by atomic mass is 10.1. The van der Waals surface area contributed by atoms with E-state index in [1.807, 2.05) is 0 Å². The molecule has 0 unspecified atom stereocenters. The number of anilines is 1. The number of carboxylic acids is 1. The van der Waals surface area contributed by atoms with Crippen molar-refractivity contribution in [3.05, 3.63) is 65.5 Å². The zero-order valence-electron chi connectivity index (χ0n) is 12.1. The smallest absolute Gasteiger partial charge is 0.307 e. The first-order chi connectivity index (χ1) is 10.5. The van der Waals surface area contributed by atoms with Gasteiger partial charge in [-0.3, -0.25) is 9.59 Å². The number of carbonyl (C=O) groups is 2. The summed E-state index contributed by atoms with van der Waals surface area (Å²) in [6.45, 7) is 0. The summed E-state index contributed by atoms with van der Waals surface area (Å²) in [6.07, 6.45) is 0.126. The zero-order chi connectivity index (χ0) is 16.1. The minimum atomic E-state index is -0.895. The van der Waals surface area contributed by atoms with E-state index < -0.39 is 5.97 Å². The molecule has 0 aliphatic rings. The number of benzene rings is 2. The third kappa shape index (κ3) is 4.15. The largest absolute Gasteiger partial charge is 0.481 e. The van der Waals surface area contributed by atoms with Crippen molar-refractivity contribution in [2.45, 2.75) is 12.8 Å². The van der Waals surface area contributed by atoms with Gasteiger partial charge in [0.05, 0.1) is 12.8 Å². The van der Waals surface area contributed by atoms with E-state index >= 15 is 0 Å². The monoisotopic (exact) mass is 301 g/mol. The van der Waals surface area contributed by atoms with Crippen LogP contribution in [0, 0.1) is 5.82 Å². The molecule has 2 aromatic rings. The van der Waals surface area contributed by atoms with Crippen LogP contribution < -0.4 is 4.90 Å². The molecule has 2 aromatic carbocycles. The lowest BCUT2D eigenvalue weighted by Gasteiger charge is -2.17. The van der Waals surface area contributed by atoms with Gasteiger partial charge in [-0.15, -0.1) is 0 Å². The van der Waals surface area contributed by atoms with Gasteiger partial charge in [-0.25, -0.2) is 4.39 Å². The van der Waals surface area contributed by atoms with Crippen molar-refractivity contribution >= 4 is 17.6 Å². The molecule has 0 aliphatic carbocycles. The SMILES string of the molecule is CN(C(=O)Cc1ccc(F)cc1)c1ccc(CC(=O)O)cc1. The van der Waals surface area contributed by atoms with Crippen molar-refractivity contribution in [1.29, 1.82) is 0 Å². The van der Waals surface area contributed by atoms with E-state index in [1.165, 1.54) is 17.0 Å². The molecule has 0 heterocycles. The summed E-state index contributed by atoms with van der Waals surface area (Å²) in [5.41, 5.74) is 2.10. The first-order valence-corrected chi connectivity index (χ1v) is 6.77. The van der Waals surface area contributed by atoms with Crippen LogP contribution in [0.2, 0.25) is 0 Å². The number of carboxylic acid groups (broad SMARTS) is 1. The molecule has 0 saturated carbocycles. The zero-order valence-corrected chi connectivity index (χ0v) is 12.1. The normalized spacial score (nSPS) is 10.3. The summed E-state index contributed by atoms with van der Waals surface area (Å²) in [4.78, 5) is 24.3. The summed E-state index contributed by atoms with van der Waals surface area (Å²) < 4.78 is 12.8. The van der Waals surface area contributed by atoms with Crippen LogP contribution in [0.1, 0.15) is 11.1 Å². The van der Waals surface area contributed by atoms with Crippen molar-refractivity contribution in [3.63, 3.8) is 0 Å². The molecule has 0 fully saturated rings. The molecule has 0 radical (unpaired) electrons. The highest BCUT2D eigenvalue weighted by atomic mass is 19.1. The van der Waals surface area contributed by atoms with Gasteiger partial charge in [-0.05, 0) is 35.4 Å². The van der Waals surface area contributed by atoms with Crippen molar-refractivity contribution < 1.29 is 19.1 Å². The number of hydrogen-bond donors (Lipinski definition) is 1. The fourth-order valence-corrected chi connectivity index (χ4v) is 2.05. The highest BCUT2D eigenvalue weighted by Crippen LogP contribution is 2.16. The van der Waals surface area contributed by atoms with Crippen molar-refractivity contribution in [3.8, 4) is 0 Å². The van der Waals surface area contributed by atoms with Crippen molar-refractivity contribution in [2.75, 3.05) is 11.9 Å². The Morgan fingerprint density at radius 2 is 1.45 bits per heavy atom. The average Bonchev–Trinajstić information content (AvgIpc) is 2.49. The summed E-state index contributed by atoms with van der Waals surface area (Å²) in [5.74, 6) is -1.36. The maximum atomic E-state index is 12.8. The van der Waals surface area contributed by atoms with E-state index in [1.54, 1.807) is 43.4 Å². The Hall–Kier alpha value is -2.69. The Balaban J connectivity index is 2.03. The minimum Gasteiger partial charge on any atom is -0.481 e. The Bertz CT molecular complexity index is 665. The molecule has 5 heteroatoms. The number of aliphatic carboxylic acids is 1. The first kappa shape index (κ1) is 15.7. The van der Waals surface area contributed by atoms with Gasteiger partial charge in [0.2, 0.25) is 5.91 Å². The number of carbonyl (C=O) groups excluding carboxylic acids is 1. The Kier molecular flexibility index (Phi) is 4.88. The van der Waals surface area contributed by atoms with Crippen LogP contribution in [0.5, 0.6) is 0 Å². The third-order valence-electron chi connectivity index (χ3n) is 3.32. The predicted molar refractivity (Wildman–Crippen MR) is 81.3 cm³/mol. The van der Waals surface area contributed by atoms with Gasteiger partial charge in [-0.2, -0.15) is 0 Å². The maximum absolute atomic E-state index is 12.8. The molecule has 1 amide bonds. The average molecular weight is 301 g/mol. The molecular weight excluding hydrogens is 285 g/mol. The van der Waals surface area contributed by atoms with Crippen LogP contribution in [0.3, 0.4) is 0 Å². The fraction of sp³-hybridized carbons (Fsp3) is 0.176. The molecule has 4 nitrogen and oxygen atoms in total. The van der Waals surface area contributed by atoms with E-state index in [-0.39, 0.29) is 24.6 Å². The predicted octanol–water partition coefficient (Wildman–Crippen LogP) is 2.66.